The van der Waals surface area contributed by atoms with Gasteiger partial charge in [0.05, 0.1) is 6.04 Å². The van der Waals surface area contributed by atoms with Gasteiger partial charge in [0.15, 0.2) is 0 Å². The van der Waals surface area contributed by atoms with Crippen LogP contribution in [0.4, 0.5) is 22.0 Å². The molecule has 0 aromatic rings. The lowest BCUT2D eigenvalue weighted by atomic mass is 10.2. The SMILES string of the molecule is C[C@@H](N)C(F)(F)C(F)(F)F. The Hall–Kier alpha value is -0.390. The van der Waals surface area contributed by atoms with Crippen molar-refractivity contribution in [3.05, 3.63) is 0 Å². The summed E-state index contributed by atoms with van der Waals surface area (Å²) in [6, 6.07) is -2.20. The fourth-order valence-electron chi connectivity index (χ4n) is 0.258. The normalized spacial score (nSPS) is 17.1. The van der Waals surface area contributed by atoms with E-state index in [1.165, 1.54) is 0 Å². The highest BCUT2D eigenvalue weighted by Crippen LogP contribution is 2.36. The number of hydrogen-bond donors (Lipinski definition) is 1. The minimum Gasteiger partial charge on any atom is -0.323 e. The van der Waals surface area contributed by atoms with Gasteiger partial charge in [0.25, 0.3) is 0 Å². The van der Waals surface area contributed by atoms with Crippen LogP contribution in [0, 0.1) is 0 Å². The summed E-state index contributed by atoms with van der Waals surface area (Å²) in [6.07, 6.45) is -5.54. The molecule has 2 N–H and O–H groups in total. The predicted octanol–water partition coefficient (Wildman–Crippen LogP) is 1.53. The molecule has 0 unspecified atom stereocenters. The number of alkyl halides is 5. The fourth-order valence-corrected chi connectivity index (χ4v) is 0.258. The second-order valence-electron chi connectivity index (χ2n) is 1.91. The quantitative estimate of drug-likeness (QED) is 0.583. The Balaban J connectivity index is 4.40. The van der Waals surface area contributed by atoms with E-state index >= 15 is 0 Å². The first kappa shape index (κ1) is 9.61. The summed E-state index contributed by atoms with van der Waals surface area (Å²) >= 11 is 0. The van der Waals surface area contributed by atoms with Crippen LogP contribution in [0.5, 0.6) is 0 Å². The summed E-state index contributed by atoms with van der Waals surface area (Å²) in [5, 5.41) is 0. The van der Waals surface area contributed by atoms with Gasteiger partial charge >= 0.3 is 12.1 Å². The second-order valence-corrected chi connectivity index (χ2v) is 1.91. The Morgan fingerprint density at radius 3 is 1.40 bits per heavy atom. The van der Waals surface area contributed by atoms with Gasteiger partial charge in [0.2, 0.25) is 0 Å². The lowest BCUT2D eigenvalue weighted by Gasteiger charge is -2.22. The van der Waals surface area contributed by atoms with E-state index in [-0.39, 0.29) is 0 Å². The zero-order chi connectivity index (χ0) is 8.58. The first-order chi connectivity index (χ1) is 4.19. The maximum Gasteiger partial charge on any atom is 0.454 e. The van der Waals surface area contributed by atoms with Crippen molar-refractivity contribution in [3.8, 4) is 0 Å². The van der Waals surface area contributed by atoms with Crippen LogP contribution >= 0.6 is 0 Å². The molecule has 62 valence electrons. The molecule has 0 bridgehead atoms. The maximum atomic E-state index is 11.8. The molecule has 0 amide bonds. The first-order valence-electron chi connectivity index (χ1n) is 2.39. The second kappa shape index (κ2) is 2.34. The summed E-state index contributed by atoms with van der Waals surface area (Å²) in [7, 11) is 0. The van der Waals surface area contributed by atoms with Crippen LogP contribution in [0.15, 0.2) is 0 Å². The van der Waals surface area contributed by atoms with E-state index in [0.29, 0.717) is 6.92 Å². The molecule has 0 aromatic carbocycles. The van der Waals surface area contributed by atoms with E-state index in [9.17, 15) is 22.0 Å². The monoisotopic (exact) mass is 163 g/mol. The molecule has 0 aliphatic heterocycles. The van der Waals surface area contributed by atoms with Crippen LogP contribution in [0.25, 0.3) is 0 Å². The van der Waals surface area contributed by atoms with E-state index in [0.717, 1.165) is 0 Å². The van der Waals surface area contributed by atoms with Crippen molar-refractivity contribution >= 4 is 0 Å². The number of rotatable bonds is 1. The minimum absolute atomic E-state index is 0.605. The summed E-state index contributed by atoms with van der Waals surface area (Å²) in [6.45, 7) is 0.605. The minimum atomic E-state index is -5.54. The van der Waals surface area contributed by atoms with Gasteiger partial charge < -0.3 is 5.73 Å². The summed E-state index contributed by atoms with van der Waals surface area (Å²) < 4.78 is 57.4. The van der Waals surface area contributed by atoms with Crippen molar-refractivity contribution in [2.75, 3.05) is 0 Å². The molecule has 1 nitrogen and oxygen atoms in total. The smallest absolute Gasteiger partial charge is 0.323 e. The van der Waals surface area contributed by atoms with Crippen LogP contribution in [-0.4, -0.2) is 18.1 Å². The van der Waals surface area contributed by atoms with Crippen LogP contribution in [0.1, 0.15) is 6.92 Å². The Labute approximate surface area is 54.0 Å². The molecule has 6 heteroatoms. The van der Waals surface area contributed by atoms with E-state index in [1.54, 1.807) is 0 Å². The van der Waals surface area contributed by atoms with Crippen LogP contribution in [-0.2, 0) is 0 Å². The molecule has 0 saturated heterocycles. The van der Waals surface area contributed by atoms with Crippen LogP contribution in [0.3, 0.4) is 0 Å². The van der Waals surface area contributed by atoms with Gasteiger partial charge in [0, 0.05) is 0 Å². The first-order valence-corrected chi connectivity index (χ1v) is 2.39. The van der Waals surface area contributed by atoms with Gasteiger partial charge in [-0.05, 0) is 6.92 Å². The highest BCUT2D eigenvalue weighted by Gasteiger charge is 2.59. The average Bonchev–Trinajstić information content (AvgIpc) is 1.62. The third-order valence-corrected chi connectivity index (χ3v) is 0.950. The lowest BCUT2D eigenvalue weighted by Crippen LogP contribution is -2.49. The summed E-state index contributed by atoms with van der Waals surface area (Å²) in [5.41, 5.74) is 4.39. The molecule has 0 aliphatic rings. The molecule has 0 spiro atoms. The van der Waals surface area contributed by atoms with Gasteiger partial charge in [-0.15, -0.1) is 0 Å². The van der Waals surface area contributed by atoms with Crippen LogP contribution < -0.4 is 5.73 Å². The third kappa shape index (κ3) is 1.56. The molecule has 0 fully saturated rings. The molecular weight excluding hydrogens is 157 g/mol. The van der Waals surface area contributed by atoms with E-state index in [2.05, 4.69) is 5.73 Å². The average molecular weight is 163 g/mol. The molecule has 0 saturated carbocycles. The Bertz CT molecular complexity index is 115. The Morgan fingerprint density at radius 1 is 1.10 bits per heavy atom. The molecule has 0 aromatic heterocycles. The lowest BCUT2D eigenvalue weighted by molar-refractivity contribution is -0.287. The molecule has 0 rings (SSSR count). The van der Waals surface area contributed by atoms with E-state index in [1.807, 2.05) is 0 Å². The number of nitrogens with two attached hydrogens (primary N) is 1. The highest BCUT2D eigenvalue weighted by molar-refractivity contribution is 4.83. The maximum absolute atomic E-state index is 11.8. The van der Waals surface area contributed by atoms with Gasteiger partial charge in [0.1, 0.15) is 0 Å². The Kier molecular flexibility index (Phi) is 2.24. The molecule has 0 aliphatic carbocycles. The molecule has 0 heterocycles. The Morgan fingerprint density at radius 2 is 1.40 bits per heavy atom. The van der Waals surface area contributed by atoms with Crippen molar-refractivity contribution in [3.63, 3.8) is 0 Å². The molecular formula is C4H6F5N. The van der Waals surface area contributed by atoms with Gasteiger partial charge in [-0.1, -0.05) is 0 Å². The van der Waals surface area contributed by atoms with Gasteiger partial charge in [-0.3, -0.25) is 0 Å². The zero-order valence-electron chi connectivity index (χ0n) is 5.04. The molecule has 0 radical (unpaired) electrons. The van der Waals surface area contributed by atoms with Crippen molar-refractivity contribution in [2.24, 2.45) is 5.73 Å². The van der Waals surface area contributed by atoms with Crippen LogP contribution in [0.2, 0.25) is 0 Å². The van der Waals surface area contributed by atoms with E-state index < -0.39 is 18.1 Å². The third-order valence-electron chi connectivity index (χ3n) is 0.950. The number of hydrogen-bond acceptors (Lipinski definition) is 1. The highest BCUT2D eigenvalue weighted by atomic mass is 19.4. The predicted molar refractivity (Wildman–Crippen MR) is 24.7 cm³/mol. The zero-order valence-corrected chi connectivity index (χ0v) is 5.04. The van der Waals surface area contributed by atoms with Crippen molar-refractivity contribution in [1.82, 2.24) is 0 Å². The molecule has 1 atom stereocenters. The fraction of sp³-hybridized carbons (Fsp3) is 1.00. The van der Waals surface area contributed by atoms with Crippen molar-refractivity contribution in [2.45, 2.75) is 25.1 Å². The van der Waals surface area contributed by atoms with Gasteiger partial charge in [-0.2, -0.15) is 22.0 Å². The number of halogens is 5. The largest absolute Gasteiger partial charge is 0.454 e. The summed E-state index contributed by atoms with van der Waals surface area (Å²) in [5.74, 6) is -4.78. The van der Waals surface area contributed by atoms with Crippen molar-refractivity contribution < 1.29 is 22.0 Å². The van der Waals surface area contributed by atoms with Gasteiger partial charge in [-0.25, -0.2) is 0 Å². The molecule has 10 heavy (non-hydrogen) atoms. The topological polar surface area (TPSA) is 26.0 Å². The van der Waals surface area contributed by atoms with E-state index in [4.69, 9.17) is 0 Å². The summed E-state index contributed by atoms with van der Waals surface area (Å²) in [4.78, 5) is 0. The van der Waals surface area contributed by atoms with Crippen molar-refractivity contribution in [1.29, 1.82) is 0 Å². The standard InChI is InChI=1S/C4H6F5N/c1-2(10)3(5,6)4(7,8)9/h2H,10H2,1H3/t2-/m1/s1.